The Morgan fingerprint density at radius 1 is 1.42 bits per heavy atom. The molecule has 0 aliphatic rings. The minimum absolute atomic E-state index is 0.102. The van der Waals surface area contributed by atoms with E-state index in [1.807, 2.05) is 6.92 Å². The lowest BCUT2D eigenvalue weighted by molar-refractivity contribution is 0.113. The first-order valence-electron chi connectivity index (χ1n) is 6.51. The minimum Gasteiger partial charge on any atom is -0.384 e. The van der Waals surface area contributed by atoms with Crippen LogP contribution in [-0.2, 0) is 11.3 Å². The van der Waals surface area contributed by atoms with Crippen molar-refractivity contribution in [2.24, 2.45) is 5.73 Å². The monoisotopic (exact) mass is 267 g/mol. The number of benzene rings is 1. The predicted molar refractivity (Wildman–Crippen MR) is 74.9 cm³/mol. The van der Waals surface area contributed by atoms with Gasteiger partial charge in [0.05, 0.1) is 6.61 Å². The van der Waals surface area contributed by atoms with Crippen molar-refractivity contribution in [3.8, 4) is 0 Å². The standard InChI is InChI=1S/C14H22FN3O/c1-3-18(7-8-19-4-2)10-11-5-6-12(15)9-13(11)14(16)17/h5-6,9H,3-4,7-8,10H2,1-2H3,(H3,16,17). The van der Waals surface area contributed by atoms with E-state index in [2.05, 4.69) is 11.8 Å². The van der Waals surface area contributed by atoms with E-state index in [1.54, 1.807) is 6.07 Å². The van der Waals surface area contributed by atoms with Crippen LogP contribution in [0.3, 0.4) is 0 Å². The van der Waals surface area contributed by atoms with Crippen LogP contribution in [0.4, 0.5) is 4.39 Å². The number of hydrogen-bond donors (Lipinski definition) is 2. The second-order valence-electron chi connectivity index (χ2n) is 4.28. The van der Waals surface area contributed by atoms with Crippen molar-refractivity contribution in [2.75, 3.05) is 26.3 Å². The van der Waals surface area contributed by atoms with Crippen LogP contribution in [0.5, 0.6) is 0 Å². The number of nitrogens with one attached hydrogen (secondary N) is 1. The van der Waals surface area contributed by atoms with Gasteiger partial charge in [-0.3, -0.25) is 10.3 Å². The Bertz CT molecular complexity index is 423. The molecule has 19 heavy (non-hydrogen) atoms. The van der Waals surface area contributed by atoms with Crippen LogP contribution >= 0.6 is 0 Å². The molecule has 0 amide bonds. The zero-order valence-corrected chi connectivity index (χ0v) is 11.6. The fourth-order valence-electron chi connectivity index (χ4n) is 1.87. The third-order valence-corrected chi connectivity index (χ3v) is 2.96. The number of hydrogen-bond acceptors (Lipinski definition) is 3. The molecule has 1 aromatic rings. The van der Waals surface area contributed by atoms with Crippen LogP contribution < -0.4 is 5.73 Å². The van der Waals surface area contributed by atoms with Gasteiger partial charge in [0.25, 0.3) is 0 Å². The first-order chi connectivity index (χ1) is 9.08. The maximum absolute atomic E-state index is 13.2. The number of nitrogen functional groups attached to an aromatic ring is 1. The molecule has 4 nitrogen and oxygen atoms in total. The Hall–Kier alpha value is -1.46. The van der Waals surface area contributed by atoms with E-state index < -0.39 is 0 Å². The number of nitrogens with two attached hydrogens (primary N) is 1. The van der Waals surface area contributed by atoms with Gasteiger partial charge in [-0.2, -0.15) is 0 Å². The Kier molecular flexibility index (Phi) is 6.45. The summed E-state index contributed by atoms with van der Waals surface area (Å²) in [5, 5.41) is 7.51. The van der Waals surface area contributed by atoms with E-state index in [0.29, 0.717) is 25.3 Å². The highest BCUT2D eigenvalue weighted by Crippen LogP contribution is 2.13. The molecule has 1 aromatic carbocycles. The Labute approximate surface area is 113 Å². The van der Waals surface area contributed by atoms with Gasteiger partial charge in [-0.1, -0.05) is 13.0 Å². The van der Waals surface area contributed by atoms with Gasteiger partial charge < -0.3 is 10.5 Å². The normalized spacial score (nSPS) is 10.9. The first-order valence-corrected chi connectivity index (χ1v) is 6.51. The maximum Gasteiger partial charge on any atom is 0.123 e. The summed E-state index contributed by atoms with van der Waals surface area (Å²) in [4.78, 5) is 2.18. The number of likely N-dealkylation sites (N-methyl/N-ethyl adjacent to an activating group) is 1. The Balaban J connectivity index is 2.76. The Morgan fingerprint density at radius 2 is 2.16 bits per heavy atom. The lowest BCUT2D eigenvalue weighted by atomic mass is 10.1. The van der Waals surface area contributed by atoms with E-state index in [9.17, 15) is 4.39 Å². The zero-order chi connectivity index (χ0) is 14.3. The van der Waals surface area contributed by atoms with Crippen LogP contribution in [0.1, 0.15) is 25.0 Å². The number of halogens is 1. The summed E-state index contributed by atoms with van der Waals surface area (Å²) in [5.41, 5.74) is 6.83. The number of rotatable bonds is 8. The first kappa shape index (κ1) is 15.6. The minimum atomic E-state index is -0.369. The summed E-state index contributed by atoms with van der Waals surface area (Å²) < 4.78 is 18.5. The van der Waals surface area contributed by atoms with Gasteiger partial charge in [0.15, 0.2) is 0 Å². The molecule has 0 unspecified atom stereocenters. The van der Waals surface area contributed by atoms with Crippen LogP contribution in [0.2, 0.25) is 0 Å². The summed E-state index contributed by atoms with van der Waals surface area (Å²) >= 11 is 0. The average Bonchev–Trinajstić information content (AvgIpc) is 2.39. The molecule has 0 fully saturated rings. The lowest BCUT2D eigenvalue weighted by Crippen LogP contribution is -2.28. The van der Waals surface area contributed by atoms with Crippen LogP contribution in [-0.4, -0.2) is 37.0 Å². The lowest BCUT2D eigenvalue weighted by Gasteiger charge is -2.21. The van der Waals surface area contributed by atoms with Crippen LogP contribution in [0.15, 0.2) is 18.2 Å². The molecule has 5 heteroatoms. The second kappa shape index (κ2) is 7.86. The molecule has 0 atom stereocenters. The Morgan fingerprint density at radius 3 is 2.74 bits per heavy atom. The molecule has 0 saturated carbocycles. The topological polar surface area (TPSA) is 62.3 Å². The largest absolute Gasteiger partial charge is 0.384 e. The molecule has 0 aliphatic carbocycles. The highest BCUT2D eigenvalue weighted by Gasteiger charge is 2.10. The molecular formula is C14H22FN3O. The summed E-state index contributed by atoms with van der Waals surface area (Å²) in [5.74, 6) is -0.471. The van der Waals surface area contributed by atoms with Crippen molar-refractivity contribution in [1.29, 1.82) is 5.41 Å². The zero-order valence-electron chi connectivity index (χ0n) is 11.6. The van der Waals surface area contributed by atoms with Gasteiger partial charge >= 0.3 is 0 Å². The van der Waals surface area contributed by atoms with Gasteiger partial charge in [-0.15, -0.1) is 0 Å². The molecule has 0 heterocycles. The van der Waals surface area contributed by atoms with Crippen molar-refractivity contribution >= 4 is 5.84 Å². The fraction of sp³-hybridized carbons (Fsp3) is 0.500. The average molecular weight is 267 g/mol. The fourth-order valence-corrected chi connectivity index (χ4v) is 1.87. The number of nitrogens with zero attached hydrogens (tertiary/aromatic N) is 1. The van der Waals surface area contributed by atoms with Gasteiger partial charge in [-0.05, 0) is 31.2 Å². The van der Waals surface area contributed by atoms with Crippen molar-refractivity contribution in [2.45, 2.75) is 20.4 Å². The quantitative estimate of drug-likeness (QED) is 0.430. The second-order valence-corrected chi connectivity index (χ2v) is 4.28. The smallest absolute Gasteiger partial charge is 0.123 e. The molecule has 0 aliphatic heterocycles. The summed E-state index contributed by atoms with van der Waals surface area (Å²) in [6.07, 6.45) is 0. The van der Waals surface area contributed by atoms with Gasteiger partial charge in [0.1, 0.15) is 11.7 Å². The highest BCUT2D eigenvalue weighted by molar-refractivity contribution is 5.96. The SMILES string of the molecule is CCOCCN(CC)Cc1ccc(F)cc1C(=N)N. The van der Waals surface area contributed by atoms with Crippen molar-refractivity contribution in [3.05, 3.63) is 35.1 Å². The van der Waals surface area contributed by atoms with Crippen LogP contribution in [0.25, 0.3) is 0 Å². The summed E-state index contributed by atoms with van der Waals surface area (Å²) in [6, 6.07) is 4.40. The molecular weight excluding hydrogens is 245 g/mol. The maximum atomic E-state index is 13.2. The molecule has 3 N–H and O–H groups in total. The van der Waals surface area contributed by atoms with E-state index in [1.165, 1.54) is 12.1 Å². The predicted octanol–water partition coefficient (Wildman–Crippen LogP) is 1.97. The van der Waals surface area contributed by atoms with Crippen molar-refractivity contribution in [1.82, 2.24) is 4.90 Å². The number of ether oxygens (including phenoxy) is 1. The molecule has 0 aromatic heterocycles. The summed E-state index contributed by atoms with van der Waals surface area (Å²) in [7, 11) is 0. The van der Waals surface area contributed by atoms with Gasteiger partial charge in [-0.25, -0.2) is 4.39 Å². The van der Waals surface area contributed by atoms with Crippen molar-refractivity contribution < 1.29 is 9.13 Å². The van der Waals surface area contributed by atoms with Crippen molar-refractivity contribution in [3.63, 3.8) is 0 Å². The van der Waals surface area contributed by atoms with E-state index in [4.69, 9.17) is 15.9 Å². The van der Waals surface area contributed by atoms with E-state index >= 15 is 0 Å². The van der Waals surface area contributed by atoms with E-state index in [0.717, 1.165) is 18.7 Å². The molecule has 106 valence electrons. The van der Waals surface area contributed by atoms with Gasteiger partial charge in [0, 0.05) is 25.3 Å². The molecule has 0 radical (unpaired) electrons. The number of amidine groups is 1. The third-order valence-electron chi connectivity index (χ3n) is 2.96. The molecule has 0 spiro atoms. The molecule has 1 rings (SSSR count). The van der Waals surface area contributed by atoms with Gasteiger partial charge in [0.2, 0.25) is 0 Å². The molecule has 0 saturated heterocycles. The molecule has 0 bridgehead atoms. The third kappa shape index (κ3) is 4.96. The van der Waals surface area contributed by atoms with Crippen LogP contribution in [0, 0.1) is 11.2 Å². The summed E-state index contributed by atoms with van der Waals surface area (Å²) in [6.45, 7) is 7.69. The van der Waals surface area contributed by atoms with E-state index in [-0.39, 0.29) is 11.7 Å². The highest BCUT2D eigenvalue weighted by atomic mass is 19.1.